The first-order valence-corrected chi connectivity index (χ1v) is 9.39. The van der Waals surface area contributed by atoms with Crippen LogP contribution in [0.2, 0.25) is 0 Å². The second kappa shape index (κ2) is 8.29. The number of carbonyl (C=O) groups excluding carboxylic acids is 1. The number of nitrogens with zero attached hydrogens (tertiary/aromatic N) is 4. The number of hydrazone groups is 1. The number of aromatic nitrogens is 2. The van der Waals surface area contributed by atoms with Gasteiger partial charge in [-0.1, -0.05) is 32.9 Å². The minimum absolute atomic E-state index is 0.0157. The summed E-state index contributed by atoms with van der Waals surface area (Å²) in [7, 11) is 0. The molecule has 168 valence electrons. The fourth-order valence-corrected chi connectivity index (χ4v) is 2.95. The number of carbonyl (C=O) groups is 1. The molecule has 2 heterocycles. The smallest absolute Gasteiger partial charge is 0.297 e. The molecule has 31 heavy (non-hydrogen) atoms. The summed E-state index contributed by atoms with van der Waals surface area (Å²) in [5, 5.41) is 17.2. The van der Waals surface area contributed by atoms with Crippen LogP contribution in [0.3, 0.4) is 0 Å². The Morgan fingerprint density at radius 2 is 1.84 bits per heavy atom. The molecular weight excluding hydrogens is 420 g/mol. The van der Waals surface area contributed by atoms with E-state index in [9.17, 15) is 27.5 Å². The molecule has 2 aromatic rings. The van der Waals surface area contributed by atoms with Gasteiger partial charge in [0.05, 0.1) is 0 Å². The summed E-state index contributed by atoms with van der Waals surface area (Å²) in [5.41, 5.74) is -3.41. The zero-order chi connectivity index (χ0) is 23.0. The van der Waals surface area contributed by atoms with Crippen LogP contribution in [0.5, 0.6) is 5.75 Å². The van der Waals surface area contributed by atoms with Crippen LogP contribution < -0.4 is 4.74 Å². The quantitative estimate of drug-likeness (QED) is 0.693. The van der Waals surface area contributed by atoms with E-state index < -0.39 is 36.6 Å². The Hall–Kier alpha value is -2.95. The maximum absolute atomic E-state index is 13.3. The summed E-state index contributed by atoms with van der Waals surface area (Å²) in [6.45, 7) is 6.14. The molecule has 1 aliphatic heterocycles. The number of benzene rings is 1. The molecular formula is C20H22F4N4O3. The third-order valence-electron chi connectivity index (χ3n) is 4.77. The van der Waals surface area contributed by atoms with Crippen molar-refractivity contribution in [3.8, 4) is 5.75 Å². The normalized spacial score (nSPS) is 19.3. The lowest BCUT2D eigenvalue weighted by Crippen LogP contribution is -2.51. The number of amides is 1. The maximum Gasteiger partial charge on any atom is 0.297 e. The minimum Gasteiger partial charge on any atom is -0.471 e. The van der Waals surface area contributed by atoms with Crippen molar-refractivity contribution in [1.29, 1.82) is 0 Å². The lowest BCUT2D eigenvalue weighted by molar-refractivity contribution is -0.164. The number of rotatable bonds is 6. The number of halogens is 4. The fraction of sp³-hybridized carbons (Fsp3) is 0.450. The Kier molecular flexibility index (Phi) is 6.08. The van der Waals surface area contributed by atoms with Crippen molar-refractivity contribution in [2.24, 2.45) is 5.10 Å². The summed E-state index contributed by atoms with van der Waals surface area (Å²) in [6.07, 6.45) is -6.48. The topological polar surface area (TPSA) is 80.0 Å². The van der Waals surface area contributed by atoms with Crippen LogP contribution in [0.15, 0.2) is 41.6 Å². The molecule has 0 saturated carbocycles. The molecule has 1 aliphatic rings. The van der Waals surface area contributed by atoms with Crippen LogP contribution >= 0.6 is 0 Å². The Bertz CT molecular complexity index is 970. The Morgan fingerprint density at radius 3 is 2.39 bits per heavy atom. The molecule has 3 rings (SSSR count). The third-order valence-corrected chi connectivity index (χ3v) is 4.77. The molecule has 0 aliphatic carbocycles. The predicted molar refractivity (Wildman–Crippen MR) is 103 cm³/mol. The van der Waals surface area contributed by atoms with Gasteiger partial charge in [0.25, 0.3) is 18.8 Å². The maximum atomic E-state index is 13.3. The molecule has 1 N–H and O–H groups in total. The highest BCUT2D eigenvalue weighted by molar-refractivity contribution is 5.97. The van der Waals surface area contributed by atoms with E-state index in [1.54, 1.807) is 12.1 Å². The standard InChI is InChI=1S/C20H22F4N4O3/c1-19(2,3)12-4-6-13(7-5-12)31-11-27-9-8-14(25-27)17(29)28-20(30,18(23)24)10-15(26-28)16(21)22/h4-9,16,18,30H,10-11H2,1-3H3/t20-/m1/s1. The first-order chi connectivity index (χ1) is 14.4. The van der Waals surface area contributed by atoms with Gasteiger partial charge in [-0.25, -0.2) is 22.2 Å². The van der Waals surface area contributed by atoms with Crippen molar-refractivity contribution < 1.29 is 32.2 Å². The molecule has 1 amide bonds. The fourth-order valence-electron chi connectivity index (χ4n) is 2.95. The Morgan fingerprint density at radius 1 is 1.19 bits per heavy atom. The molecule has 7 nitrogen and oxygen atoms in total. The van der Waals surface area contributed by atoms with E-state index in [0.29, 0.717) is 5.75 Å². The molecule has 0 fully saturated rings. The number of hydrogen-bond acceptors (Lipinski definition) is 5. The first kappa shape index (κ1) is 22.7. The van der Waals surface area contributed by atoms with Gasteiger partial charge >= 0.3 is 0 Å². The van der Waals surface area contributed by atoms with Crippen LogP contribution in [-0.2, 0) is 12.1 Å². The number of alkyl halides is 4. The van der Waals surface area contributed by atoms with Gasteiger partial charge in [0, 0.05) is 12.6 Å². The van der Waals surface area contributed by atoms with Crippen molar-refractivity contribution in [2.75, 3.05) is 0 Å². The van der Waals surface area contributed by atoms with Crippen LogP contribution in [-0.4, -0.2) is 50.1 Å². The Balaban J connectivity index is 1.70. The summed E-state index contributed by atoms with van der Waals surface area (Å²) >= 11 is 0. The second-order valence-corrected chi connectivity index (χ2v) is 8.15. The van der Waals surface area contributed by atoms with E-state index in [4.69, 9.17) is 4.74 Å². The van der Waals surface area contributed by atoms with Crippen LogP contribution in [0.25, 0.3) is 0 Å². The summed E-state index contributed by atoms with van der Waals surface area (Å²) in [6, 6.07) is 8.60. The van der Waals surface area contributed by atoms with E-state index in [1.807, 2.05) is 12.1 Å². The molecule has 0 saturated heterocycles. The second-order valence-electron chi connectivity index (χ2n) is 8.15. The molecule has 1 atom stereocenters. The lowest BCUT2D eigenvalue weighted by Gasteiger charge is -2.29. The first-order valence-electron chi connectivity index (χ1n) is 9.39. The summed E-state index contributed by atoms with van der Waals surface area (Å²) in [4.78, 5) is 12.5. The molecule has 1 aromatic heterocycles. The highest BCUT2D eigenvalue weighted by Crippen LogP contribution is 2.34. The van der Waals surface area contributed by atoms with Crippen molar-refractivity contribution in [1.82, 2.24) is 14.8 Å². The van der Waals surface area contributed by atoms with E-state index in [2.05, 4.69) is 31.0 Å². The summed E-state index contributed by atoms with van der Waals surface area (Å²) < 4.78 is 59.2. The SMILES string of the molecule is CC(C)(C)c1ccc(OCn2ccc(C(=O)N3N=C(C(F)F)C[C@@]3(O)C(F)F)n2)cc1. The minimum atomic E-state index is -3.50. The van der Waals surface area contributed by atoms with Crippen molar-refractivity contribution in [3.63, 3.8) is 0 Å². The van der Waals surface area contributed by atoms with Crippen molar-refractivity contribution >= 4 is 11.6 Å². The van der Waals surface area contributed by atoms with Gasteiger partial charge in [0.2, 0.25) is 5.72 Å². The lowest BCUT2D eigenvalue weighted by atomic mass is 9.87. The molecule has 0 radical (unpaired) electrons. The molecule has 0 unspecified atom stereocenters. The van der Waals surface area contributed by atoms with E-state index in [-0.39, 0.29) is 22.8 Å². The average molecular weight is 442 g/mol. The van der Waals surface area contributed by atoms with Crippen LogP contribution in [0.1, 0.15) is 43.2 Å². The highest BCUT2D eigenvalue weighted by Gasteiger charge is 2.53. The number of ether oxygens (including phenoxy) is 1. The highest BCUT2D eigenvalue weighted by atomic mass is 19.3. The molecule has 11 heteroatoms. The van der Waals surface area contributed by atoms with Gasteiger partial charge in [-0.05, 0) is 29.2 Å². The van der Waals surface area contributed by atoms with E-state index in [0.717, 1.165) is 5.56 Å². The number of hydrogen-bond donors (Lipinski definition) is 1. The van der Waals surface area contributed by atoms with Gasteiger partial charge in [-0.15, -0.1) is 0 Å². The zero-order valence-electron chi connectivity index (χ0n) is 17.1. The van der Waals surface area contributed by atoms with Gasteiger partial charge in [-0.3, -0.25) is 4.79 Å². The van der Waals surface area contributed by atoms with Crippen molar-refractivity contribution in [2.45, 2.75) is 57.9 Å². The molecule has 0 spiro atoms. The van der Waals surface area contributed by atoms with E-state index in [1.165, 1.54) is 16.9 Å². The van der Waals surface area contributed by atoms with Gasteiger partial charge in [-0.2, -0.15) is 15.2 Å². The van der Waals surface area contributed by atoms with Gasteiger partial charge < -0.3 is 9.84 Å². The molecule has 0 bridgehead atoms. The third kappa shape index (κ3) is 4.71. The largest absolute Gasteiger partial charge is 0.471 e. The van der Waals surface area contributed by atoms with Gasteiger partial charge in [0.1, 0.15) is 11.5 Å². The van der Waals surface area contributed by atoms with E-state index >= 15 is 0 Å². The predicted octanol–water partition coefficient (Wildman–Crippen LogP) is 3.64. The summed E-state index contributed by atoms with van der Waals surface area (Å²) in [5.74, 6) is -0.680. The average Bonchev–Trinajstić information content (AvgIpc) is 3.31. The van der Waals surface area contributed by atoms with Crippen molar-refractivity contribution in [3.05, 3.63) is 47.8 Å². The van der Waals surface area contributed by atoms with Gasteiger partial charge in [0.15, 0.2) is 12.4 Å². The monoisotopic (exact) mass is 442 g/mol. The Labute approximate surface area is 175 Å². The van der Waals surface area contributed by atoms with Crippen LogP contribution in [0.4, 0.5) is 17.6 Å². The van der Waals surface area contributed by atoms with Crippen LogP contribution in [0, 0.1) is 0 Å². The molecule has 1 aromatic carbocycles. The zero-order valence-corrected chi connectivity index (χ0v) is 17.1. The number of aliphatic hydroxyl groups is 1.